The summed E-state index contributed by atoms with van der Waals surface area (Å²) >= 11 is 0. The number of nitriles is 1. The Bertz CT molecular complexity index is 557. The van der Waals surface area contributed by atoms with Crippen LogP contribution in [0, 0.1) is 11.3 Å². The molecule has 2 heterocycles. The van der Waals surface area contributed by atoms with E-state index in [0.717, 1.165) is 18.7 Å². The fraction of sp³-hybridized carbons (Fsp3) is 0.562. The van der Waals surface area contributed by atoms with E-state index in [1.165, 1.54) is 6.20 Å². The number of carbonyl (C=O) groups is 1. The Hall–Kier alpha value is -2.29. The number of aromatic nitrogens is 1. The van der Waals surface area contributed by atoms with Crippen LogP contribution in [0.5, 0.6) is 0 Å². The fourth-order valence-electron chi connectivity index (χ4n) is 2.34. The number of hydrogen-bond donors (Lipinski definition) is 1. The topological polar surface area (TPSA) is 78.2 Å². The van der Waals surface area contributed by atoms with Crippen molar-refractivity contribution in [2.45, 2.75) is 45.3 Å². The Balaban J connectivity index is 1.92. The van der Waals surface area contributed by atoms with Crippen LogP contribution in [-0.2, 0) is 4.74 Å². The van der Waals surface area contributed by atoms with Gasteiger partial charge in [0.1, 0.15) is 17.5 Å². The van der Waals surface area contributed by atoms with Gasteiger partial charge < -0.3 is 15.0 Å². The molecule has 1 aromatic rings. The number of amides is 1. The summed E-state index contributed by atoms with van der Waals surface area (Å²) in [6.45, 7) is 6.91. The van der Waals surface area contributed by atoms with Gasteiger partial charge >= 0.3 is 6.09 Å². The molecular weight excluding hydrogens is 280 g/mol. The maximum Gasteiger partial charge on any atom is 0.410 e. The number of rotatable bonds is 2. The van der Waals surface area contributed by atoms with E-state index in [9.17, 15) is 4.79 Å². The lowest BCUT2D eigenvalue weighted by Gasteiger charge is -2.34. The Morgan fingerprint density at radius 2 is 2.27 bits per heavy atom. The van der Waals surface area contributed by atoms with Gasteiger partial charge in [0.2, 0.25) is 0 Å². The molecule has 22 heavy (non-hydrogen) atoms. The number of piperidine rings is 1. The van der Waals surface area contributed by atoms with Gasteiger partial charge in [-0.25, -0.2) is 9.78 Å². The summed E-state index contributed by atoms with van der Waals surface area (Å²) in [6, 6.07) is 5.69. The molecule has 1 atom stereocenters. The van der Waals surface area contributed by atoms with Gasteiger partial charge in [0.05, 0.1) is 5.56 Å². The van der Waals surface area contributed by atoms with Crippen molar-refractivity contribution < 1.29 is 9.53 Å². The lowest BCUT2D eigenvalue weighted by Crippen LogP contribution is -2.47. The van der Waals surface area contributed by atoms with E-state index in [-0.39, 0.29) is 12.1 Å². The zero-order valence-electron chi connectivity index (χ0n) is 13.3. The van der Waals surface area contributed by atoms with Crippen LogP contribution in [0.15, 0.2) is 18.3 Å². The number of nitrogens with one attached hydrogen (secondary N) is 1. The molecule has 1 amide bonds. The second-order valence-corrected chi connectivity index (χ2v) is 6.45. The Labute approximate surface area is 131 Å². The molecule has 1 fully saturated rings. The summed E-state index contributed by atoms with van der Waals surface area (Å²) in [5, 5.41) is 12.1. The molecule has 118 valence electrons. The summed E-state index contributed by atoms with van der Waals surface area (Å²) in [7, 11) is 0. The number of ether oxygens (including phenoxy) is 1. The quantitative estimate of drug-likeness (QED) is 0.908. The van der Waals surface area contributed by atoms with Gasteiger partial charge in [0.25, 0.3) is 0 Å². The highest BCUT2D eigenvalue weighted by molar-refractivity contribution is 5.68. The number of nitrogens with zero attached hydrogens (tertiary/aromatic N) is 3. The van der Waals surface area contributed by atoms with Crippen LogP contribution in [0.25, 0.3) is 0 Å². The molecular formula is C16H22N4O2. The van der Waals surface area contributed by atoms with Crippen molar-refractivity contribution in [3.63, 3.8) is 0 Å². The predicted molar refractivity (Wildman–Crippen MR) is 83.4 cm³/mol. The maximum atomic E-state index is 12.1. The zero-order chi connectivity index (χ0) is 16.2. The maximum absolute atomic E-state index is 12.1. The SMILES string of the molecule is CC(C)(C)OC(=O)N1CCCC(Nc2ccc(C#N)cn2)C1. The normalized spacial score (nSPS) is 18.5. The van der Waals surface area contributed by atoms with Gasteiger partial charge in [-0.15, -0.1) is 0 Å². The highest BCUT2D eigenvalue weighted by atomic mass is 16.6. The largest absolute Gasteiger partial charge is 0.444 e. The lowest BCUT2D eigenvalue weighted by molar-refractivity contribution is 0.0206. The molecule has 6 heteroatoms. The summed E-state index contributed by atoms with van der Waals surface area (Å²) in [5.41, 5.74) is 0.0520. The smallest absolute Gasteiger partial charge is 0.410 e. The molecule has 1 unspecified atom stereocenters. The van der Waals surface area contributed by atoms with E-state index in [1.54, 1.807) is 17.0 Å². The predicted octanol–water partition coefficient (Wildman–Crippen LogP) is 2.76. The first-order valence-electron chi connectivity index (χ1n) is 7.48. The van der Waals surface area contributed by atoms with E-state index >= 15 is 0 Å². The van der Waals surface area contributed by atoms with E-state index < -0.39 is 5.60 Å². The minimum Gasteiger partial charge on any atom is -0.444 e. The Kier molecular flexibility index (Phi) is 4.86. The highest BCUT2D eigenvalue weighted by Gasteiger charge is 2.27. The van der Waals surface area contributed by atoms with Crippen LogP contribution in [0.2, 0.25) is 0 Å². The second-order valence-electron chi connectivity index (χ2n) is 6.45. The minimum absolute atomic E-state index is 0.140. The van der Waals surface area contributed by atoms with Crippen molar-refractivity contribution in [2.75, 3.05) is 18.4 Å². The van der Waals surface area contributed by atoms with Crippen LogP contribution in [0.4, 0.5) is 10.6 Å². The number of hydrogen-bond acceptors (Lipinski definition) is 5. The summed E-state index contributed by atoms with van der Waals surface area (Å²) in [6.07, 6.45) is 3.16. The monoisotopic (exact) mass is 302 g/mol. The van der Waals surface area contributed by atoms with Crippen molar-refractivity contribution in [1.82, 2.24) is 9.88 Å². The molecule has 0 bridgehead atoms. The zero-order valence-corrected chi connectivity index (χ0v) is 13.3. The van der Waals surface area contributed by atoms with Crippen molar-refractivity contribution in [3.8, 4) is 6.07 Å². The van der Waals surface area contributed by atoms with Crippen LogP contribution in [0.1, 0.15) is 39.2 Å². The van der Waals surface area contributed by atoms with E-state index in [4.69, 9.17) is 10.00 Å². The van der Waals surface area contributed by atoms with E-state index in [2.05, 4.69) is 10.3 Å². The molecule has 0 saturated carbocycles. The third kappa shape index (κ3) is 4.62. The summed E-state index contributed by atoms with van der Waals surface area (Å²) in [5.74, 6) is 0.718. The van der Waals surface area contributed by atoms with Gasteiger partial charge in [-0.3, -0.25) is 0 Å². The third-order valence-electron chi connectivity index (χ3n) is 3.32. The molecule has 1 aromatic heterocycles. The van der Waals surface area contributed by atoms with E-state index in [1.807, 2.05) is 26.8 Å². The van der Waals surface area contributed by atoms with Crippen LogP contribution in [0.3, 0.4) is 0 Å². The fourth-order valence-corrected chi connectivity index (χ4v) is 2.34. The van der Waals surface area contributed by atoms with Crippen LogP contribution < -0.4 is 5.32 Å². The molecule has 1 aliphatic heterocycles. The lowest BCUT2D eigenvalue weighted by atomic mass is 10.1. The standard InChI is InChI=1S/C16H22N4O2/c1-16(2,3)22-15(21)20-8-4-5-13(11-20)19-14-7-6-12(9-17)10-18-14/h6-7,10,13H,4-5,8,11H2,1-3H3,(H,18,19). The first-order chi connectivity index (χ1) is 10.4. The molecule has 0 spiro atoms. The summed E-state index contributed by atoms with van der Waals surface area (Å²) < 4.78 is 5.41. The summed E-state index contributed by atoms with van der Waals surface area (Å²) in [4.78, 5) is 18.1. The van der Waals surface area contributed by atoms with Gasteiger partial charge in [0.15, 0.2) is 0 Å². The van der Waals surface area contributed by atoms with Crippen molar-refractivity contribution in [2.24, 2.45) is 0 Å². The molecule has 1 aliphatic rings. The van der Waals surface area contributed by atoms with Crippen LogP contribution >= 0.6 is 0 Å². The highest BCUT2D eigenvalue weighted by Crippen LogP contribution is 2.18. The Morgan fingerprint density at radius 1 is 1.50 bits per heavy atom. The van der Waals surface area contributed by atoms with Crippen LogP contribution in [-0.4, -0.2) is 40.7 Å². The van der Waals surface area contributed by atoms with Gasteiger partial charge in [-0.05, 0) is 45.7 Å². The molecule has 1 N–H and O–H groups in total. The molecule has 0 aromatic carbocycles. The molecule has 0 radical (unpaired) electrons. The van der Waals surface area contributed by atoms with Gasteiger partial charge in [-0.2, -0.15) is 5.26 Å². The average Bonchev–Trinajstić information content (AvgIpc) is 2.46. The van der Waals surface area contributed by atoms with Crippen molar-refractivity contribution >= 4 is 11.9 Å². The molecule has 6 nitrogen and oxygen atoms in total. The van der Waals surface area contributed by atoms with Crippen molar-refractivity contribution in [3.05, 3.63) is 23.9 Å². The average molecular weight is 302 g/mol. The first kappa shape index (κ1) is 16.1. The molecule has 2 rings (SSSR count). The van der Waals surface area contributed by atoms with E-state index in [0.29, 0.717) is 18.7 Å². The molecule has 1 saturated heterocycles. The number of likely N-dealkylation sites (tertiary alicyclic amines) is 1. The second kappa shape index (κ2) is 6.65. The third-order valence-corrected chi connectivity index (χ3v) is 3.32. The van der Waals surface area contributed by atoms with Crippen molar-refractivity contribution in [1.29, 1.82) is 5.26 Å². The van der Waals surface area contributed by atoms with Gasteiger partial charge in [0, 0.05) is 25.3 Å². The number of anilines is 1. The molecule has 0 aliphatic carbocycles. The minimum atomic E-state index is -0.480. The van der Waals surface area contributed by atoms with Gasteiger partial charge in [-0.1, -0.05) is 0 Å². The first-order valence-corrected chi connectivity index (χ1v) is 7.48. The number of carbonyl (C=O) groups excluding carboxylic acids is 1. The number of pyridine rings is 1. The Morgan fingerprint density at radius 3 is 2.86 bits per heavy atom.